The van der Waals surface area contributed by atoms with E-state index >= 15 is 0 Å². The molecule has 4 aliphatic heterocycles. The molecule has 4 aliphatic rings. The van der Waals surface area contributed by atoms with Gasteiger partial charge >= 0.3 is 11.9 Å². The summed E-state index contributed by atoms with van der Waals surface area (Å²) in [5.41, 5.74) is -1.12. The van der Waals surface area contributed by atoms with E-state index in [0.29, 0.717) is 96.1 Å². The lowest BCUT2D eigenvalue weighted by molar-refractivity contribution is -0.182. The zero-order chi connectivity index (χ0) is 28.1. The number of nitrogens with zero attached hydrogens (tertiary/aromatic N) is 4. The van der Waals surface area contributed by atoms with E-state index in [1.54, 1.807) is 0 Å². The molecule has 0 spiro atoms. The van der Waals surface area contributed by atoms with Gasteiger partial charge in [-0.1, -0.05) is 23.2 Å². The van der Waals surface area contributed by atoms with Crippen LogP contribution in [0.3, 0.4) is 0 Å². The zero-order valence-corrected chi connectivity index (χ0v) is 24.8. The molecule has 4 atom stereocenters. The largest absolute Gasteiger partial charge is 0.476 e. The first kappa shape index (κ1) is 27.8. The highest BCUT2D eigenvalue weighted by Crippen LogP contribution is 2.50. The fourth-order valence-electron chi connectivity index (χ4n) is 5.91. The summed E-state index contributed by atoms with van der Waals surface area (Å²) < 4.78 is 40.3. The molecule has 40 heavy (non-hydrogen) atoms. The molecule has 12 nitrogen and oxygen atoms in total. The van der Waals surface area contributed by atoms with Crippen molar-refractivity contribution >= 4 is 69.7 Å². The molecule has 2 saturated heterocycles. The summed E-state index contributed by atoms with van der Waals surface area (Å²) in [5.74, 6) is -1.78. The van der Waals surface area contributed by atoms with Crippen LogP contribution in [-0.2, 0) is 19.1 Å². The lowest BCUT2D eigenvalue weighted by Crippen LogP contribution is -2.54. The summed E-state index contributed by atoms with van der Waals surface area (Å²) in [6.07, 6.45) is 3.17. The van der Waals surface area contributed by atoms with Crippen molar-refractivity contribution in [3.05, 3.63) is 21.5 Å². The van der Waals surface area contributed by atoms with Gasteiger partial charge in [-0.05, 0) is 39.5 Å². The second-order valence-corrected chi connectivity index (χ2v) is 11.8. The monoisotopic (exact) mass is 628 g/mol. The molecule has 6 heterocycles. The van der Waals surface area contributed by atoms with Gasteiger partial charge in [-0.25, -0.2) is 9.59 Å². The molecule has 4 bridgehead atoms. The van der Waals surface area contributed by atoms with Crippen molar-refractivity contribution in [3.8, 4) is 11.8 Å². The van der Waals surface area contributed by atoms with Crippen molar-refractivity contribution in [3.63, 3.8) is 0 Å². The summed E-state index contributed by atoms with van der Waals surface area (Å²) in [6, 6.07) is -0.0576. The molecule has 4 unspecified atom stereocenters. The van der Waals surface area contributed by atoms with Gasteiger partial charge in [0, 0.05) is 35.0 Å². The Bertz CT molecular complexity index is 1310. The molecule has 0 saturated carbocycles. The van der Waals surface area contributed by atoms with Crippen molar-refractivity contribution in [1.82, 2.24) is 28.1 Å². The van der Waals surface area contributed by atoms with Crippen molar-refractivity contribution < 1.29 is 28.5 Å². The highest BCUT2D eigenvalue weighted by Gasteiger charge is 2.55. The summed E-state index contributed by atoms with van der Waals surface area (Å²) in [4.78, 5) is 26.8. The maximum absolute atomic E-state index is 13.4. The lowest BCUT2D eigenvalue weighted by Gasteiger charge is -2.37. The molecule has 2 fully saturated rings. The SMILES string of the molecule is CCOc1nsnc1C1=C(Cl)CC2CCC1(OC(=O)C(=O)OC13CCC(CC(Cl)=C1c1nsnc1OCC)N3)N2. The zero-order valence-electron chi connectivity index (χ0n) is 21.6. The smallest absolute Gasteiger partial charge is 0.419 e. The highest BCUT2D eigenvalue weighted by molar-refractivity contribution is 6.99. The van der Waals surface area contributed by atoms with E-state index in [2.05, 4.69) is 28.1 Å². The predicted octanol–water partition coefficient (Wildman–Crippen LogP) is 3.58. The molecule has 214 valence electrons. The van der Waals surface area contributed by atoms with Gasteiger partial charge in [0.2, 0.25) is 0 Å². The van der Waals surface area contributed by atoms with Crippen LogP contribution in [0.15, 0.2) is 10.1 Å². The summed E-state index contributed by atoms with van der Waals surface area (Å²) in [7, 11) is 0. The molecule has 16 heteroatoms. The number of aromatic nitrogens is 4. The number of carbonyl (C=O) groups excluding carboxylic acids is 2. The first-order valence-electron chi connectivity index (χ1n) is 13.0. The van der Waals surface area contributed by atoms with Crippen LogP contribution < -0.4 is 20.1 Å². The number of nitrogens with one attached hydrogen (secondary N) is 2. The van der Waals surface area contributed by atoms with Crippen LogP contribution in [0.5, 0.6) is 11.8 Å². The number of halogens is 2. The highest BCUT2D eigenvalue weighted by atomic mass is 35.5. The third-order valence-corrected chi connectivity index (χ3v) is 9.13. The van der Waals surface area contributed by atoms with E-state index in [9.17, 15) is 9.59 Å². The van der Waals surface area contributed by atoms with Crippen molar-refractivity contribution in [2.75, 3.05) is 13.2 Å². The molecular formula is C24H26Cl2N6O6S2. The summed E-state index contributed by atoms with van der Waals surface area (Å²) in [5, 5.41) is 7.61. The van der Waals surface area contributed by atoms with Gasteiger partial charge in [-0.2, -0.15) is 8.75 Å². The Morgan fingerprint density at radius 1 is 0.800 bits per heavy atom. The van der Waals surface area contributed by atoms with Crippen molar-refractivity contribution in [1.29, 1.82) is 0 Å². The number of ether oxygens (including phenoxy) is 4. The molecule has 2 aromatic rings. The maximum Gasteiger partial charge on any atom is 0.419 e. The van der Waals surface area contributed by atoms with Gasteiger partial charge in [0.25, 0.3) is 11.8 Å². The number of fused-ring (bicyclic) bond motifs is 4. The minimum absolute atomic E-state index is 0.0288. The molecule has 0 aliphatic carbocycles. The van der Waals surface area contributed by atoms with Crippen LogP contribution in [0, 0.1) is 0 Å². The second kappa shape index (κ2) is 10.8. The number of hydrogen-bond acceptors (Lipinski definition) is 14. The van der Waals surface area contributed by atoms with E-state index in [0.717, 1.165) is 23.5 Å². The van der Waals surface area contributed by atoms with Crippen LogP contribution in [-0.4, -0.2) is 66.2 Å². The van der Waals surface area contributed by atoms with Crippen LogP contribution in [0.2, 0.25) is 0 Å². The molecule has 6 rings (SSSR count). The van der Waals surface area contributed by atoms with E-state index in [-0.39, 0.29) is 12.1 Å². The molecular weight excluding hydrogens is 603 g/mol. The Kier molecular flexibility index (Phi) is 7.51. The van der Waals surface area contributed by atoms with Gasteiger partial charge in [0.15, 0.2) is 22.8 Å². The molecule has 2 N–H and O–H groups in total. The average Bonchev–Trinajstić information content (AvgIpc) is 3.69. The van der Waals surface area contributed by atoms with Gasteiger partial charge in [0.1, 0.15) is 0 Å². The first-order chi connectivity index (χ1) is 19.3. The third-order valence-electron chi connectivity index (χ3n) is 7.42. The van der Waals surface area contributed by atoms with E-state index in [1.165, 1.54) is 0 Å². The van der Waals surface area contributed by atoms with Gasteiger partial charge in [-0.3, -0.25) is 10.6 Å². The van der Waals surface area contributed by atoms with Crippen LogP contribution in [0.1, 0.15) is 63.8 Å². The Morgan fingerprint density at radius 3 is 1.62 bits per heavy atom. The third kappa shape index (κ3) is 4.68. The average molecular weight is 630 g/mol. The van der Waals surface area contributed by atoms with E-state index in [4.69, 9.17) is 42.1 Å². The van der Waals surface area contributed by atoms with Gasteiger partial charge in [-0.15, -0.1) is 8.75 Å². The predicted molar refractivity (Wildman–Crippen MR) is 147 cm³/mol. The Morgan fingerprint density at radius 2 is 1.23 bits per heavy atom. The summed E-state index contributed by atoms with van der Waals surface area (Å²) in [6.45, 7) is 4.39. The number of carbonyl (C=O) groups is 2. The fraction of sp³-hybridized carbons (Fsp3) is 0.583. The molecule has 0 aromatic carbocycles. The van der Waals surface area contributed by atoms with E-state index in [1.807, 2.05) is 13.8 Å². The number of rotatable bonds is 8. The number of hydrogen-bond donors (Lipinski definition) is 2. The quantitative estimate of drug-likeness (QED) is 0.325. The lowest BCUT2D eigenvalue weighted by atomic mass is 9.95. The summed E-state index contributed by atoms with van der Waals surface area (Å²) >= 11 is 15.4. The van der Waals surface area contributed by atoms with Crippen molar-refractivity contribution in [2.24, 2.45) is 0 Å². The van der Waals surface area contributed by atoms with Gasteiger partial charge < -0.3 is 18.9 Å². The Labute approximate surface area is 248 Å². The second-order valence-electron chi connectivity index (χ2n) is 9.86. The first-order valence-corrected chi connectivity index (χ1v) is 15.2. The number of esters is 2. The normalized spacial score (nSPS) is 29.1. The van der Waals surface area contributed by atoms with E-state index < -0.39 is 23.4 Å². The molecule has 2 aromatic heterocycles. The van der Waals surface area contributed by atoms with Crippen LogP contribution in [0.25, 0.3) is 11.1 Å². The van der Waals surface area contributed by atoms with Crippen molar-refractivity contribution in [2.45, 2.75) is 75.9 Å². The van der Waals surface area contributed by atoms with Gasteiger partial charge in [0.05, 0.1) is 47.8 Å². The minimum atomic E-state index is -1.38. The minimum Gasteiger partial charge on any atom is -0.476 e. The molecule has 0 amide bonds. The molecule has 0 radical (unpaired) electrons. The topological polar surface area (TPSA) is 147 Å². The fourth-order valence-corrected chi connectivity index (χ4v) is 7.78. The van der Waals surface area contributed by atoms with Crippen LogP contribution in [0.4, 0.5) is 0 Å². The maximum atomic E-state index is 13.4. The Balaban J connectivity index is 1.29. The van der Waals surface area contributed by atoms with Crippen LogP contribution >= 0.6 is 46.7 Å². The standard InChI is InChI=1S/C24H26Cl2N6O6S2/c1-3-35-19-17(29-39-31-19)15-13(25)9-11-5-7-23(15,27-11)37-21(33)22(34)38-24-8-6-12(28-24)10-14(26)16(24)18-20(36-4-2)32-40-30-18/h11-12,27-28H,3-10H2,1-2H3. The Hall–Kier alpha value is -2.36.